The maximum absolute atomic E-state index is 13.5. The summed E-state index contributed by atoms with van der Waals surface area (Å²) in [4.78, 5) is 13.5. The van der Waals surface area contributed by atoms with Crippen molar-refractivity contribution in [3.63, 3.8) is 0 Å². The highest BCUT2D eigenvalue weighted by Gasteiger charge is 2.65. The molecule has 13 heteroatoms. The van der Waals surface area contributed by atoms with Crippen molar-refractivity contribution in [3.8, 4) is 0 Å². The Bertz CT molecular complexity index is 753. The largest absolute Gasteiger partial charge is 0.391 e. The van der Waals surface area contributed by atoms with Crippen molar-refractivity contribution in [2.24, 2.45) is 5.73 Å². The van der Waals surface area contributed by atoms with Gasteiger partial charge in [0, 0.05) is 5.02 Å². The minimum absolute atomic E-state index is 0.350. The number of aliphatic hydroxyl groups is 1. The van der Waals surface area contributed by atoms with E-state index in [9.17, 15) is 9.90 Å². The first-order valence-electron chi connectivity index (χ1n) is 8.86. The van der Waals surface area contributed by atoms with E-state index in [2.05, 4.69) is 15.7 Å². The Kier molecular flexibility index (Phi) is 4.90. The quantitative estimate of drug-likeness (QED) is 0.497. The third-order valence-corrected chi connectivity index (χ3v) is 7.79. The molecule has 1 aliphatic carbocycles. The van der Waals surface area contributed by atoms with Gasteiger partial charge in [-0.25, -0.2) is 0 Å². The van der Waals surface area contributed by atoms with E-state index in [1.807, 2.05) is 47.1 Å². The summed E-state index contributed by atoms with van der Waals surface area (Å²) in [6.07, 6.45) is 0.366. The lowest BCUT2D eigenvalue weighted by molar-refractivity contribution is -0.141. The van der Waals surface area contributed by atoms with E-state index in [0.29, 0.717) is 17.0 Å². The van der Waals surface area contributed by atoms with Gasteiger partial charge in [0.25, 0.3) is 0 Å². The van der Waals surface area contributed by atoms with Crippen LogP contribution in [-0.2, 0) is 10.3 Å². The number of halogens is 1. The molecule has 1 fully saturated rings. The SMILES string of the molecule is Bc1c(B)c(B)c(C2(N)C(=O)C(B)(O)CC(B)(B)C2(B)B)c(Cl)c1B. The van der Waals surface area contributed by atoms with Gasteiger partial charge in [0.2, 0.25) is 0 Å². The Morgan fingerprint density at radius 2 is 1.36 bits per heavy atom. The van der Waals surface area contributed by atoms with Crippen molar-refractivity contribution in [1.29, 1.82) is 0 Å². The zero-order valence-electron chi connectivity index (χ0n) is 17.0. The number of carbonyl (C=O) groups is 1. The number of carbonyl (C=O) groups excluding carboxylic acids is 1. The van der Waals surface area contributed by atoms with Gasteiger partial charge in [-0.15, -0.1) is 10.9 Å². The van der Waals surface area contributed by atoms with Crippen LogP contribution in [0.5, 0.6) is 0 Å². The molecule has 0 amide bonds. The maximum atomic E-state index is 13.5. The summed E-state index contributed by atoms with van der Waals surface area (Å²) in [6, 6.07) is 0. The van der Waals surface area contributed by atoms with Crippen molar-refractivity contribution in [3.05, 3.63) is 10.6 Å². The van der Waals surface area contributed by atoms with Crippen molar-refractivity contribution >= 4 is 110 Å². The van der Waals surface area contributed by atoms with E-state index in [1.54, 1.807) is 7.85 Å². The molecule has 1 aliphatic rings. The molecule has 1 saturated carbocycles. The number of hydrogen-bond donors (Lipinski definition) is 2. The lowest BCUT2D eigenvalue weighted by Crippen LogP contribution is -2.72. The van der Waals surface area contributed by atoms with Crippen LogP contribution in [0, 0.1) is 0 Å². The summed E-state index contributed by atoms with van der Waals surface area (Å²) in [6.45, 7) is 0. The molecule has 122 valence electrons. The van der Waals surface area contributed by atoms with E-state index in [4.69, 9.17) is 17.3 Å². The van der Waals surface area contributed by atoms with Crippen molar-refractivity contribution in [2.45, 2.75) is 27.9 Å². The molecule has 2 unspecified atom stereocenters. The molecule has 25 heavy (non-hydrogen) atoms. The Morgan fingerprint density at radius 1 is 0.920 bits per heavy atom. The van der Waals surface area contributed by atoms with E-state index in [1.165, 1.54) is 0 Å². The van der Waals surface area contributed by atoms with Gasteiger partial charge >= 0.3 is 0 Å². The first-order chi connectivity index (χ1) is 11.0. The van der Waals surface area contributed by atoms with Crippen molar-refractivity contribution < 1.29 is 9.90 Å². The topological polar surface area (TPSA) is 63.3 Å². The predicted octanol–water partition coefficient (Wildman–Crippen LogP) is -10.4. The smallest absolute Gasteiger partial charge is 0.178 e. The third kappa shape index (κ3) is 2.58. The van der Waals surface area contributed by atoms with Gasteiger partial charge in [-0.2, -0.15) is 0 Å². The molecular weight excluding hydrogens is 323 g/mol. The normalized spacial score (nSPS) is 30.9. The average molecular weight is 346 g/mol. The standard InChI is InChI=1S/C12H23B9ClNO2/c13-3-2(7(22)6(16)5(15)4(3)14)11(23)8(24)9(17,25)1-10(18,19)12(11,20)21/h25H,1,13-21,23H2. The van der Waals surface area contributed by atoms with Gasteiger partial charge in [0.15, 0.2) is 13.6 Å². The van der Waals surface area contributed by atoms with Crippen LogP contribution >= 0.6 is 11.6 Å². The minimum Gasteiger partial charge on any atom is -0.391 e. The molecule has 2 atom stereocenters. The van der Waals surface area contributed by atoms with Crippen LogP contribution in [0.4, 0.5) is 0 Å². The number of ketones is 1. The van der Waals surface area contributed by atoms with Gasteiger partial charge in [0.1, 0.15) is 47.1 Å². The fourth-order valence-corrected chi connectivity index (χ4v) is 5.00. The first-order valence-corrected chi connectivity index (χ1v) is 9.24. The molecule has 0 aliphatic heterocycles. The Balaban J connectivity index is 2.99. The highest BCUT2D eigenvalue weighted by atomic mass is 35.5. The van der Waals surface area contributed by atoms with E-state index >= 15 is 0 Å². The molecule has 0 radical (unpaired) electrons. The molecular formula is C12H23B9ClNO2. The number of Topliss-reactive ketones (excluding diaryl/α,β-unsaturated/α-hetero) is 1. The summed E-state index contributed by atoms with van der Waals surface area (Å²) in [5, 5.41) is 10.5. The molecule has 1 aromatic carbocycles. The molecule has 0 spiro atoms. The van der Waals surface area contributed by atoms with Crippen molar-refractivity contribution in [1.82, 2.24) is 0 Å². The van der Waals surface area contributed by atoms with Crippen LogP contribution in [0.15, 0.2) is 0 Å². The molecule has 1 aromatic rings. The highest BCUT2D eigenvalue weighted by Crippen LogP contribution is 2.61. The van der Waals surface area contributed by atoms with Crippen molar-refractivity contribution in [2.75, 3.05) is 0 Å². The average Bonchev–Trinajstić information content (AvgIpc) is 2.47. The summed E-state index contributed by atoms with van der Waals surface area (Å²) >= 11 is 6.76. The number of hydrogen-bond acceptors (Lipinski definition) is 3. The molecule has 3 nitrogen and oxygen atoms in total. The van der Waals surface area contributed by atoms with E-state index < -0.39 is 16.3 Å². The summed E-state index contributed by atoms with van der Waals surface area (Å²) < 4.78 is 0. The zero-order valence-corrected chi connectivity index (χ0v) is 17.8. The van der Waals surface area contributed by atoms with E-state index in [-0.39, 0.29) is 11.0 Å². The third-order valence-electron chi connectivity index (χ3n) is 7.32. The molecule has 0 aromatic heterocycles. The second-order valence-corrected chi connectivity index (χ2v) is 9.66. The lowest BCUT2D eigenvalue weighted by Gasteiger charge is -2.61. The second kappa shape index (κ2) is 5.84. The molecule has 0 saturated heterocycles. The second-order valence-electron chi connectivity index (χ2n) is 9.29. The molecule has 0 bridgehead atoms. The fraction of sp³-hybridized carbons (Fsp3) is 0.417. The van der Waals surface area contributed by atoms with Crippen LogP contribution in [0.25, 0.3) is 0 Å². The van der Waals surface area contributed by atoms with Crippen LogP contribution in [0.1, 0.15) is 12.0 Å². The molecule has 0 heterocycles. The number of benzene rings is 1. The predicted molar refractivity (Wildman–Crippen MR) is 133 cm³/mol. The Labute approximate surface area is 164 Å². The summed E-state index contributed by atoms with van der Waals surface area (Å²) in [7, 11) is 17.7. The maximum Gasteiger partial charge on any atom is 0.178 e. The molecule has 3 N–H and O–H groups in total. The number of rotatable bonds is 1. The zero-order chi connectivity index (χ0) is 19.7. The van der Waals surface area contributed by atoms with Gasteiger partial charge < -0.3 is 10.8 Å². The van der Waals surface area contributed by atoms with Gasteiger partial charge in [-0.3, -0.25) is 4.79 Å². The van der Waals surface area contributed by atoms with Gasteiger partial charge in [0.05, 0.1) is 26.7 Å². The van der Waals surface area contributed by atoms with Crippen LogP contribution in [0.2, 0.25) is 15.5 Å². The van der Waals surface area contributed by atoms with E-state index in [0.717, 1.165) is 21.9 Å². The fourth-order valence-electron chi connectivity index (χ4n) is 4.57. The molecule has 2 rings (SSSR count). The lowest BCUT2D eigenvalue weighted by atomic mass is 9.19. The highest BCUT2D eigenvalue weighted by molar-refractivity contribution is 6.66. The van der Waals surface area contributed by atoms with Crippen LogP contribution in [0.3, 0.4) is 0 Å². The monoisotopic (exact) mass is 347 g/mol. The first kappa shape index (κ1) is 21.0. The Hall–Kier alpha value is -0.316. The summed E-state index contributed by atoms with van der Waals surface area (Å²) in [5.74, 6) is -0.350. The van der Waals surface area contributed by atoms with Crippen LogP contribution < -0.4 is 27.6 Å². The van der Waals surface area contributed by atoms with Gasteiger partial charge in [-0.05, 0) is 12.0 Å². The minimum atomic E-state index is -1.49. The Morgan fingerprint density at radius 3 is 1.84 bits per heavy atom. The van der Waals surface area contributed by atoms with Crippen LogP contribution in [-0.4, -0.2) is 87.0 Å². The van der Waals surface area contributed by atoms with Gasteiger partial charge in [-0.1, -0.05) is 33.0 Å². The summed E-state index contributed by atoms with van der Waals surface area (Å²) in [5.41, 5.74) is 8.83. The number of nitrogens with two attached hydrogens (primary N) is 1.